The van der Waals surface area contributed by atoms with Crippen molar-refractivity contribution in [3.8, 4) is 0 Å². The molecular formula is C16H22O5S. The first kappa shape index (κ1) is 18.2. The molecule has 0 saturated heterocycles. The first-order valence-corrected chi connectivity index (χ1v) is 8.75. The van der Waals surface area contributed by atoms with Crippen LogP contribution in [0.1, 0.15) is 39.2 Å². The summed E-state index contributed by atoms with van der Waals surface area (Å²) < 4.78 is 32.9. The molecule has 0 amide bonds. The number of esters is 1. The van der Waals surface area contributed by atoms with Gasteiger partial charge in [-0.3, -0.25) is 4.79 Å². The standard InChI is InChI=1S/C16H22O5S/c1-16(2,3)20-15(17)12-8-11-14(21-22(4,18)19)13-9-6-5-7-10-13/h5-7,9-11H,8,12H2,1-4H3/b14-11-. The van der Waals surface area contributed by atoms with E-state index in [0.717, 1.165) is 6.26 Å². The van der Waals surface area contributed by atoms with Gasteiger partial charge < -0.3 is 8.92 Å². The maximum absolute atomic E-state index is 11.7. The van der Waals surface area contributed by atoms with E-state index in [4.69, 9.17) is 8.92 Å². The van der Waals surface area contributed by atoms with Gasteiger partial charge in [0.15, 0.2) is 0 Å². The topological polar surface area (TPSA) is 69.7 Å². The van der Waals surface area contributed by atoms with Gasteiger partial charge in [-0.1, -0.05) is 30.3 Å². The van der Waals surface area contributed by atoms with E-state index in [0.29, 0.717) is 12.0 Å². The van der Waals surface area contributed by atoms with Gasteiger partial charge in [0, 0.05) is 12.0 Å². The summed E-state index contributed by atoms with van der Waals surface area (Å²) in [5.74, 6) is -0.123. The van der Waals surface area contributed by atoms with Crippen molar-refractivity contribution >= 4 is 21.8 Å². The van der Waals surface area contributed by atoms with Crippen molar-refractivity contribution in [1.82, 2.24) is 0 Å². The molecule has 1 aromatic carbocycles. The second-order valence-corrected chi connectivity index (χ2v) is 7.42. The summed E-state index contributed by atoms with van der Waals surface area (Å²) in [7, 11) is -3.64. The summed E-state index contributed by atoms with van der Waals surface area (Å²) in [5.41, 5.74) is 0.101. The van der Waals surface area contributed by atoms with Crippen LogP contribution < -0.4 is 0 Å². The molecule has 22 heavy (non-hydrogen) atoms. The Labute approximate surface area is 132 Å². The Morgan fingerprint density at radius 3 is 2.27 bits per heavy atom. The highest BCUT2D eigenvalue weighted by atomic mass is 32.2. The van der Waals surface area contributed by atoms with Crippen LogP contribution in [-0.4, -0.2) is 26.2 Å². The molecule has 0 saturated carbocycles. The molecule has 0 unspecified atom stereocenters. The van der Waals surface area contributed by atoms with E-state index < -0.39 is 15.7 Å². The Morgan fingerprint density at radius 2 is 1.77 bits per heavy atom. The van der Waals surface area contributed by atoms with E-state index in [1.807, 2.05) is 6.07 Å². The normalized spacial score (nSPS) is 12.8. The molecule has 0 spiro atoms. The molecule has 0 atom stereocenters. The van der Waals surface area contributed by atoms with E-state index in [-0.39, 0.29) is 18.1 Å². The minimum atomic E-state index is -3.64. The summed E-state index contributed by atoms with van der Waals surface area (Å²) in [6.45, 7) is 5.38. The third kappa shape index (κ3) is 7.83. The van der Waals surface area contributed by atoms with Crippen molar-refractivity contribution in [2.24, 2.45) is 0 Å². The Kier molecular flexibility index (Phi) is 6.17. The quantitative estimate of drug-likeness (QED) is 0.456. The average Bonchev–Trinajstić information content (AvgIpc) is 2.35. The zero-order valence-corrected chi connectivity index (χ0v) is 14.1. The predicted molar refractivity (Wildman–Crippen MR) is 85.4 cm³/mol. The fourth-order valence-electron chi connectivity index (χ4n) is 1.68. The molecule has 122 valence electrons. The SMILES string of the molecule is CC(C)(C)OC(=O)CC/C=C(\OS(C)(=O)=O)c1ccccc1. The van der Waals surface area contributed by atoms with Crippen LogP contribution in [0.15, 0.2) is 36.4 Å². The van der Waals surface area contributed by atoms with Crippen molar-refractivity contribution in [1.29, 1.82) is 0 Å². The molecular weight excluding hydrogens is 304 g/mol. The second-order valence-electron chi connectivity index (χ2n) is 5.85. The third-order valence-electron chi connectivity index (χ3n) is 2.40. The Morgan fingerprint density at radius 1 is 1.18 bits per heavy atom. The van der Waals surface area contributed by atoms with Gasteiger partial charge in [-0.2, -0.15) is 8.42 Å². The van der Waals surface area contributed by atoms with Crippen LogP contribution >= 0.6 is 0 Å². The summed E-state index contributed by atoms with van der Waals surface area (Å²) in [6.07, 6.45) is 3.05. The first-order chi connectivity index (χ1) is 10.1. The average molecular weight is 326 g/mol. The van der Waals surface area contributed by atoms with Crippen LogP contribution in [0.3, 0.4) is 0 Å². The first-order valence-electron chi connectivity index (χ1n) is 6.94. The highest BCUT2D eigenvalue weighted by Crippen LogP contribution is 2.19. The molecule has 0 N–H and O–H groups in total. The number of rotatable bonds is 6. The Hall–Kier alpha value is -1.82. The summed E-state index contributed by atoms with van der Waals surface area (Å²) >= 11 is 0. The van der Waals surface area contributed by atoms with Gasteiger partial charge in [0.25, 0.3) is 0 Å². The molecule has 1 aromatic rings. The zero-order valence-electron chi connectivity index (χ0n) is 13.3. The fraction of sp³-hybridized carbons (Fsp3) is 0.438. The Balaban J connectivity index is 2.78. The van der Waals surface area contributed by atoms with E-state index in [9.17, 15) is 13.2 Å². The van der Waals surface area contributed by atoms with Crippen molar-refractivity contribution in [3.05, 3.63) is 42.0 Å². The lowest BCUT2D eigenvalue weighted by molar-refractivity contribution is -0.154. The molecule has 0 aliphatic heterocycles. The highest BCUT2D eigenvalue weighted by molar-refractivity contribution is 7.86. The fourth-order valence-corrected chi connectivity index (χ4v) is 2.17. The van der Waals surface area contributed by atoms with Gasteiger partial charge in [0.05, 0.1) is 6.26 Å². The number of hydrogen-bond donors (Lipinski definition) is 0. The van der Waals surface area contributed by atoms with Crippen LogP contribution in [0.2, 0.25) is 0 Å². The highest BCUT2D eigenvalue weighted by Gasteiger charge is 2.16. The molecule has 6 heteroatoms. The number of carbonyl (C=O) groups is 1. The van der Waals surface area contributed by atoms with Gasteiger partial charge in [0.2, 0.25) is 0 Å². The summed E-state index contributed by atoms with van der Waals surface area (Å²) in [5, 5.41) is 0. The van der Waals surface area contributed by atoms with E-state index in [1.54, 1.807) is 51.1 Å². The van der Waals surface area contributed by atoms with Gasteiger partial charge in [-0.25, -0.2) is 0 Å². The lowest BCUT2D eigenvalue weighted by Gasteiger charge is -2.19. The molecule has 0 aliphatic carbocycles. The van der Waals surface area contributed by atoms with Crippen molar-refractivity contribution in [2.45, 2.75) is 39.2 Å². The molecule has 0 fully saturated rings. The Bertz CT molecular complexity index is 624. The van der Waals surface area contributed by atoms with Crippen LogP contribution in [0.25, 0.3) is 5.76 Å². The maximum atomic E-state index is 11.7. The smallest absolute Gasteiger partial charge is 0.306 e. The predicted octanol–water partition coefficient (Wildman–Crippen LogP) is 3.13. The summed E-state index contributed by atoms with van der Waals surface area (Å²) in [4.78, 5) is 11.7. The molecule has 0 aliphatic rings. The van der Waals surface area contributed by atoms with Crippen molar-refractivity contribution in [3.63, 3.8) is 0 Å². The lowest BCUT2D eigenvalue weighted by Crippen LogP contribution is -2.23. The number of allylic oxidation sites excluding steroid dienone is 1. The van der Waals surface area contributed by atoms with Crippen molar-refractivity contribution < 1.29 is 22.1 Å². The maximum Gasteiger partial charge on any atom is 0.306 e. The van der Waals surface area contributed by atoms with E-state index in [2.05, 4.69) is 0 Å². The van der Waals surface area contributed by atoms with Crippen LogP contribution in [0, 0.1) is 0 Å². The third-order valence-corrected chi connectivity index (χ3v) is 2.88. The molecule has 0 bridgehead atoms. The largest absolute Gasteiger partial charge is 0.460 e. The summed E-state index contributed by atoms with van der Waals surface area (Å²) in [6, 6.07) is 8.86. The van der Waals surface area contributed by atoms with E-state index >= 15 is 0 Å². The minimum absolute atomic E-state index is 0.153. The number of carbonyl (C=O) groups excluding carboxylic acids is 1. The van der Waals surface area contributed by atoms with Gasteiger partial charge in [-0.15, -0.1) is 0 Å². The lowest BCUT2D eigenvalue weighted by atomic mass is 10.1. The van der Waals surface area contributed by atoms with Crippen LogP contribution in [0.5, 0.6) is 0 Å². The van der Waals surface area contributed by atoms with Gasteiger partial charge >= 0.3 is 16.1 Å². The molecule has 1 rings (SSSR count). The second kappa shape index (κ2) is 7.45. The van der Waals surface area contributed by atoms with Crippen molar-refractivity contribution in [2.75, 3.05) is 6.26 Å². The molecule has 0 radical (unpaired) electrons. The molecule has 5 nitrogen and oxygen atoms in total. The number of benzene rings is 1. The van der Waals surface area contributed by atoms with Crippen LogP contribution in [-0.2, 0) is 23.8 Å². The van der Waals surface area contributed by atoms with E-state index in [1.165, 1.54) is 0 Å². The number of hydrogen-bond acceptors (Lipinski definition) is 5. The van der Waals surface area contributed by atoms with Gasteiger partial charge in [-0.05, 0) is 33.3 Å². The monoisotopic (exact) mass is 326 g/mol. The zero-order chi connectivity index (χ0) is 16.8. The minimum Gasteiger partial charge on any atom is -0.460 e. The molecule has 0 aromatic heterocycles. The number of ether oxygens (including phenoxy) is 1. The van der Waals surface area contributed by atoms with Gasteiger partial charge in [0.1, 0.15) is 11.4 Å². The molecule has 0 heterocycles. The van der Waals surface area contributed by atoms with Crippen LogP contribution in [0.4, 0.5) is 0 Å².